The molecule has 0 aliphatic rings. The second-order valence-electron chi connectivity index (χ2n) is 8.67. The Bertz CT molecular complexity index is 1700. The number of nitrogens with zero attached hydrogens (tertiary/aromatic N) is 1. The lowest BCUT2D eigenvalue weighted by atomic mass is 10.1. The lowest BCUT2D eigenvalue weighted by Gasteiger charge is -2.09. The summed E-state index contributed by atoms with van der Waals surface area (Å²) in [6.45, 7) is 1.57. The number of carbonyl (C=O) groups excluding carboxylic acids is 2. The smallest absolute Gasteiger partial charge is 0.416 e. The molecule has 11 heteroatoms. The van der Waals surface area contributed by atoms with E-state index in [1.165, 1.54) is 18.2 Å². The highest BCUT2D eigenvalue weighted by atomic mass is 32.1. The molecule has 3 aromatic carbocycles. The van der Waals surface area contributed by atoms with Gasteiger partial charge in [0, 0.05) is 5.69 Å². The quantitative estimate of drug-likeness (QED) is 0.297. The first-order valence-electron chi connectivity index (χ1n) is 12.5. The molecule has 0 bridgehead atoms. The molecule has 41 heavy (non-hydrogen) atoms. The van der Waals surface area contributed by atoms with Crippen LogP contribution in [0.4, 0.5) is 18.9 Å². The SMILES string of the molecule is CCOC(=O)/C=c1\s/c(=C\c2ccccc2C(F)(F)F)c(=O)n1CC(=O)Nc1ccc(OCc2ccccc2)cc1. The van der Waals surface area contributed by atoms with Gasteiger partial charge in [-0.25, -0.2) is 4.79 Å². The maximum absolute atomic E-state index is 13.5. The number of halogens is 3. The van der Waals surface area contributed by atoms with Crippen LogP contribution in [0.2, 0.25) is 0 Å². The van der Waals surface area contributed by atoms with Crippen LogP contribution < -0.4 is 24.8 Å². The minimum atomic E-state index is -4.63. The maximum atomic E-state index is 13.5. The molecule has 4 aromatic rings. The zero-order valence-corrected chi connectivity index (χ0v) is 22.6. The number of alkyl halides is 3. The third-order valence-electron chi connectivity index (χ3n) is 5.71. The predicted molar refractivity (Wildman–Crippen MR) is 150 cm³/mol. The first-order chi connectivity index (χ1) is 19.6. The van der Waals surface area contributed by atoms with Gasteiger partial charge in [0.2, 0.25) is 5.91 Å². The zero-order valence-electron chi connectivity index (χ0n) is 21.8. The lowest BCUT2D eigenvalue weighted by molar-refractivity contribution is -0.138. The molecule has 1 heterocycles. The van der Waals surface area contributed by atoms with E-state index in [9.17, 15) is 27.6 Å². The van der Waals surface area contributed by atoms with E-state index in [-0.39, 0.29) is 21.4 Å². The third kappa shape index (κ3) is 7.95. The van der Waals surface area contributed by atoms with E-state index >= 15 is 0 Å². The van der Waals surface area contributed by atoms with E-state index in [4.69, 9.17) is 9.47 Å². The van der Waals surface area contributed by atoms with Crippen LogP contribution in [0.15, 0.2) is 83.7 Å². The van der Waals surface area contributed by atoms with Gasteiger partial charge in [0.1, 0.15) is 23.6 Å². The van der Waals surface area contributed by atoms with E-state index in [0.29, 0.717) is 18.0 Å². The molecule has 0 saturated carbocycles. The Morgan fingerprint density at radius 1 is 0.976 bits per heavy atom. The van der Waals surface area contributed by atoms with Crippen molar-refractivity contribution >= 4 is 41.1 Å². The number of carbonyl (C=O) groups is 2. The molecule has 1 amide bonds. The van der Waals surface area contributed by atoms with Gasteiger partial charge < -0.3 is 14.8 Å². The molecule has 0 radical (unpaired) electrons. The van der Waals surface area contributed by atoms with E-state index < -0.39 is 35.7 Å². The van der Waals surface area contributed by atoms with Gasteiger partial charge in [0.15, 0.2) is 0 Å². The van der Waals surface area contributed by atoms with Crippen molar-refractivity contribution in [2.45, 2.75) is 26.3 Å². The molecule has 4 rings (SSSR count). The second kappa shape index (κ2) is 13.1. The van der Waals surface area contributed by atoms with Crippen LogP contribution in [0.1, 0.15) is 23.6 Å². The first-order valence-corrected chi connectivity index (χ1v) is 13.3. The van der Waals surface area contributed by atoms with E-state index in [1.807, 2.05) is 30.3 Å². The van der Waals surface area contributed by atoms with Gasteiger partial charge in [0.05, 0.1) is 22.8 Å². The Hall–Kier alpha value is -4.64. The predicted octanol–water partition coefficient (Wildman–Crippen LogP) is 4.32. The number of ether oxygens (including phenoxy) is 2. The number of rotatable bonds is 9. The van der Waals surface area contributed by atoms with Crippen LogP contribution in [-0.2, 0) is 33.7 Å². The topological polar surface area (TPSA) is 86.6 Å². The van der Waals surface area contributed by atoms with Crippen LogP contribution in [0.5, 0.6) is 5.75 Å². The highest BCUT2D eigenvalue weighted by molar-refractivity contribution is 7.07. The number of hydrogen-bond acceptors (Lipinski definition) is 6. The summed E-state index contributed by atoms with van der Waals surface area (Å²) in [6.07, 6.45) is -2.50. The number of amides is 1. The Morgan fingerprint density at radius 3 is 2.34 bits per heavy atom. The second-order valence-corrected chi connectivity index (χ2v) is 9.73. The van der Waals surface area contributed by atoms with Crippen LogP contribution in [0.3, 0.4) is 0 Å². The standard InChI is InChI=1S/C30H25F3N2O5S/c1-2-39-28(37)17-27-35(29(38)25(41-27)16-21-10-6-7-11-24(21)30(31,32)33)18-26(36)34-22-12-14-23(15-13-22)40-19-20-8-4-3-5-9-20/h3-17H,2,18-19H2,1H3,(H,34,36)/b25-16-,27-17-. The molecule has 212 valence electrons. The average molecular weight is 583 g/mol. The molecule has 1 aromatic heterocycles. The minimum absolute atomic E-state index is 0.0593. The Kier molecular flexibility index (Phi) is 9.41. The first kappa shape index (κ1) is 29.3. The highest BCUT2D eigenvalue weighted by Crippen LogP contribution is 2.32. The summed E-state index contributed by atoms with van der Waals surface area (Å²) >= 11 is 0.783. The lowest BCUT2D eigenvalue weighted by Crippen LogP contribution is -2.36. The molecule has 0 fully saturated rings. The van der Waals surface area contributed by atoms with Gasteiger partial charge in [-0.15, -0.1) is 11.3 Å². The minimum Gasteiger partial charge on any atom is -0.489 e. The van der Waals surface area contributed by atoms with E-state index in [2.05, 4.69) is 5.32 Å². The van der Waals surface area contributed by atoms with Crippen molar-refractivity contribution < 1.29 is 32.2 Å². The summed E-state index contributed by atoms with van der Waals surface area (Å²) in [4.78, 5) is 38.2. The van der Waals surface area contributed by atoms with Gasteiger partial charge in [0.25, 0.3) is 5.56 Å². The maximum Gasteiger partial charge on any atom is 0.416 e. The zero-order chi connectivity index (χ0) is 29.4. The van der Waals surface area contributed by atoms with E-state index in [0.717, 1.165) is 39.7 Å². The fourth-order valence-electron chi connectivity index (χ4n) is 3.82. The van der Waals surface area contributed by atoms with Crippen LogP contribution in [0.25, 0.3) is 12.2 Å². The van der Waals surface area contributed by atoms with Gasteiger partial charge in [-0.2, -0.15) is 13.2 Å². The normalized spacial score (nSPS) is 12.3. The number of aromatic nitrogens is 1. The Labute approximate surface area is 236 Å². The average Bonchev–Trinajstić information content (AvgIpc) is 3.21. The summed E-state index contributed by atoms with van der Waals surface area (Å²) in [7, 11) is 0. The molecule has 7 nitrogen and oxygen atoms in total. The van der Waals surface area contributed by atoms with Crippen LogP contribution in [0, 0.1) is 0 Å². The van der Waals surface area contributed by atoms with Crippen molar-refractivity contribution in [3.63, 3.8) is 0 Å². The van der Waals surface area contributed by atoms with Crippen molar-refractivity contribution in [3.8, 4) is 5.75 Å². The number of hydrogen-bond donors (Lipinski definition) is 1. The van der Waals surface area contributed by atoms with Crippen molar-refractivity contribution in [2.24, 2.45) is 0 Å². The van der Waals surface area contributed by atoms with E-state index in [1.54, 1.807) is 31.2 Å². The number of nitrogens with one attached hydrogen (secondary N) is 1. The van der Waals surface area contributed by atoms with Crippen molar-refractivity contribution in [3.05, 3.63) is 115 Å². The molecule has 0 atom stereocenters. The highest BCUT2D eigenvalue weighted by Gasteiger charge is 2.32. The summed E-state index contributed by atoms with van der Waals surface area (Å²) in [5.74, 6) is -0.744. The summed E-state index contributed by atoms with van der Waals surface area (Å²) in [5.41, 5.74) is -0.411. The van der Waals surface area contributed by atoms with Crippen LogP contribution in [-0.4, -0.2) is 23.1 Å². The number of thiazole rings is 1. The van der Waals surface area contributed by atoms with Crippen LogP contribution >= 0.6 is 11.3 Å². The van der Waals surface area contributed by atoms with Crippen molar-refractivity contribution in [2.75, 3.05) is 11.9 Å². The fourth-order valence-corrected chi connectivity index (χ4v) is 4.84. The fraction of sp³-hybridized carbons (Fsp3) is 0.167. The van der Waals surface area contributed by atoms with Crippen molar-refractivity contribution in [1.82, 2.24) is 4.57 Å². The summed E-state index contributed by atoms with van der Waals surface area (Å²) in [5, 5.41) is 2.67. The summed E-state index contributed by atoms with van der Waals surface area (Å²) < 4.78 is 52.1. The van der Waals surface area contributed by atoms with Gasteiger partial charge in [-0.05, 0) is 54.5 Å². The summed E-state index contributed by atoms with van der Waals surface area (Å²) in [6, 6.07) is 21.1. The Morgan fingerprint density at radius 2 is 1.66 bits per heavy atom. The molecular weight excluding hydrogens is 557 g/mol. The monoisotopic (exact) mass is 582 g/mol. The molecule has 0 spiro atoms. The number of esters is 1. The molecule has 0 unspecified atom stereocenters. The number of anilines is 1. The number of benzene rings is 3. The van der Waals surface area contributed by atoms with Gasteiger partial charge in [-0.1, -0.05) is 48.5 Å². The molecular formula is C30H25F3N2O5S. The molecule has 1 N–H and O–H groups in total. The van der Waals surface area contributed by atoms with Gasteiger partial charge in [-0.3, -0.25) is 14.2 Å². The Balaban J connectivity index is 1.57. The third-order valence-corrected chi connectivity index (χ3v) is 6.77. The largest absolute Gasteiger partial charge is 0.489 e. The molecule has 0 aliphatic heterocycles. The van der Waals surface area contributed by atoms with Gasteiger partial charge >= 0.3 is 12.1 Å². The van der Waals surface area contributed by atoms with Crippen molar-refractivity contribution in [1.29, 1.82) is 0 Å². The molecule has 0 aliphatic carbocycles. The molecule has 0 saturated heterocycles.